The lowest BCUT2D eigenvalue weighted by Crippen LogP contribution is -2.14. The Bertz CT molecular complexity index is 1080. The molecule has 2 aromatic carbocycles. The fraction of sp³-hybridized carbons (Fsp3) is 0.0526. The molecule has 27 heavy (non-hydrogen) atoms. The lowest BCUT2D eigenvalue weighted by atomic mass is 10.3. The lowest BCUT2D eigenvalue weighted by Gasteiger charge is -2.06. The topological polar surface area (TPSA) is 72.7 Å². The first-order valence-electron chi connectivity index (χ1n) is 8.13. The predicted molar refractivity (Wildman–Crippen MR) is 107 cm³/mol. The van der Waals surface area contributed by atoms with E-state index in [2.05, 4.69) is 20.4 Å². The molecule has 0 spiro atoms. The van der Waals surface area contributed by atoms with Crippen LogP contribution in [-0.4, -0.2) is 31.4 Å². The number of hydrogen-bond donors (Lipinski definition) is 1. The summed E-state index contributed by atoms with van der Waals surface area (Å²) in [5.41, 5.74) is 2.33. The van der Waals surface area contributed by atoms with Crippen LogP contribution >= 0.6 is 23.4 Å². The number of para-hydroxylation sites is 1. The number of benzene rings is 2. The van der Waals surface area contributed by atoms with Gasteiger partial charge in [0.2, 0.25) is 5.91 Å². The summed E-state index contributed by atoms with van der Waals surface area (Å²) < 4.78 is 1.76. The molecule has 2 aromatic heterocycles. The predicted octanol–water partition coefficient (Wildman–Crippen LogP) is 4.20. The first-order chi connectivity index (χ1) is 13.2. The number of fused-ring (bicyclic) bond motifs is 1. The fourth-order valence-electron chi connectivity index (χ4n) is 2.56. The van der Waals surface area contributed by atoms with Gasteiger partial charge >= 0.3 is 0 Å². The van der Waals surface area contributed by atoms with Gasteiger partial charge in [0.1, 0.15) is 11.4 Å². The number of carbonyl (C=O) groups excluding carboxylic acids is 1. The highest BCUT2D eigenvalue weighted by atomic mass is 35.5. The molecule has 0 aliphatic rings. The van der Waals surface area contributed by atoms with Gasteiger partial charge in [0.05, 0.1) is 23.0 Å². The SMILES string of the molecule is O=C(CSc1ncnc2c1cnn2-c1ccccc1)Nc1ccc(Cl)cc1. The summed E-state index contributed by atoms with van der Waals surface area (Å²) in [6.07, 6.45) is 3.21. The maximum absolute atomic E-state index is 12.2. The molecule has 0 bridgehead atoms. The van der Waals surface area contributed by atoms with E-state index in [9.17, 15) is 4.79 Å². The molecule has 0 fully saturated rings. The first-order valence-corrected chi connectivity index (χ1v) is 9.49. The molecule has 0 saturated heterocycles. The van der Waals surface area contributed by atoms with Crippen LogP contribution in [0.5, 0.6) is 0 Å². The molecule has 0 aliphatic carbocycles. The van der Waals surface area contributed by atoms with Crippen LogP contribution in [0.15, 0.2) is 72.1 Å². The molecule has 6 nitrogen and oxygen atoms in total. The molecule has 1 amide bonds. The van der Waals surface area contributed by atoms with Crippen molar-refractivity contribution in [3.05, 3.63) is 72.1 Å². The van der Waals surface area contributed by atoms with Crippen LogP contribution in [0.4, 0.5) is 5.69 Å². The van der Waals surface area contributed by atoms with Gasteiger partial charge < -0.3 is 5.32 Å². The Kier molecular flexibility index (Phi) is 5.04. The molecule has 0 atom stereocenters. The minimum atomic E-state index is -0.121. The van der Waals surface area contributed by atoms with Gasteiger partial charge in [-0.15, -0.1) is 0 Å². The van der Waals surface area contributed by atoms with Crippen molar-refractivity contribution in [1.29, 1.82) is 0 Å². The quantitative estimate of drug-likeness (QED) is 0.405. The molecule has 0 saturated carbocycles. The zero-order valence-electron chi connectivity index (χ0n) is 14.0. The highest BCUT2D eigenvalue weighted by molar-refractivity contribution is 8.00. The van der Waals surface area contributed by atoms with E-state index in [0.717, 1.165) is 11.1 Å². The third kappa shape index (κ3) is 3.94. The second-order valence-corrected chi connectivity index (χ2v) is 7.05. The number of carbonyl (C=O) groups is 1. The molecule has 1 N–H and O–H groups in total. The van der Waals surface area contributed by atoms with Crippen molar-refractivity contribution in [2.45, 2.75) is 5.03 Å². The number of thioether (sulfide) groups is 1. The van der Waals surface area contributed by atoms with Crippen LogP contribution in [0.25, 0.3) is 16.7 Å². The second-order valence-electron chi connectivity index (χ2n) is 5.65. The van der Waals surface area contributed by atoms with E-state index >= 15 is 0 Å². The first kappa shape index (κ1) is 17.5. The molecular weight excluding hydrogens is 382 g/mol. The third-order valence-corrected chi connectivity index (χ3v) is 5.06. The molecule has 4 rings (SSSR count). The smallest absolute Gasteiger partial charge is 0.234 e. The molecule has 134 valence electrons. The van der Waals surface area contributed by atoms with Gasteiger partial charge in [-0.2, -0.15) is 5.10 Å². The number of halogens is 1. The van der Waals surface area contributed by atoms with E-state index in [1.54, 1.807) is 35.1 Å². The maximum atomic E-state index is 12.2. The van der Waals surface area contributed by atoms with Gasteiger partial charge in [0.25, 0.3) is 0 Å². The van der Waals surface area contributed by atoms with E-state index in [0.29, 0.717) is 21.4 Å². The van der Waals surface area contributed by atoms with Crippen LogP contribution in [0.2, 0.25) is 5.02 Å². The Balaban J connectivity index is 1.50. The Morgan fingerprint density at radius 3 is 2.63 bits per heavy atom. The van der Waals surface area contributed by atoms with Crippen molar-refractivity contribution >= 4 is 46.0 Å². The van der Waals surface area contributed by atoms with Crippen molar-refractivity contribution in [2.24, 2.45) is 0 Å². The average molecular weight is 396 g/mol. The van der Waals surface area contributed by atoms with E-state index in [1.807, 2.05) is 30.3 Å². The van der Waals surface area contributed by atoms with Crippen LogP contribution in [0, 0.1) is 0 Å². The van der Waals surface area contributed by atoms with Gasteiger partial charge in [-0.25, -0.2) is 14.6 Å². The highest BCUT2D eigenvalue weighted by Gasteiger charge is 2.13. The zero-order chi connectivity index (χ0) is 18.6. The lowest BCUT2D eigenvalue weighted by molar-refractivity contribution is -0.113. The van der Waals surface area contributed by atoms with Crippen LogP contribution in [0.3, 0.4) is 0 Å². The average Bonchev–Trinajstić information content (AvgIpc) is 3.13. The third-order valence-electron chi connectivity index (χ3n) is 3.80. The van der Waals surface area contributed by atoms with Crippen molar-refractivity contribution < 1.29 is 4.79 Å². The zero-order valence-corrected chi connectivity index (χ0v) is 15.6. The molecule has 8 heteroatoms. The normalized spacial score (nSPS) is 10.9. The van der Waals surface area contributed by atoms with Crippen molar-refractivity contribution in [1.82, 2.24) is 19.7 Å². The summed E-state index contributed by atoms with van der Waals surface area (Å²) in [6.45, 7) is 0. The standard InChI is InChI=1S/C19H14ClN5OS/c20-13-6-8-14(9-7-13)24-17(26)11-27-19-16-10-23-25(18(16)21-12-22-19)15-4-2-1-3-5-15/h1-10,12H,11H2,(H,24,26). The molecule has 0 radical (unpaired) electrons. The Morgan fingerprint density at radius 1 is 1.07 bits per heavy atom. The number of rotatable bonds is 5. The van der Waals surface area contributed by atoms with Crippen molar-refractivity contribution in [3.63, 3.8) is 0 Å². The summed E-state index contributed by atoms with van der Waals surface area (Å²) >= 11 is 7.20. The number of aromatic nitrogens is 4. The molecule has 2 heterocycles. The van der Waals surface area contributed by atoms with Gasteiger partial charge in [-0.05, 0) is 36.4 Å². The fourth-order valence-corrected chi connectivity index (χ4v) is 3.45. The van der Waals surface area contributed by atoms with E-state index < -0.39 is 0 Å². The number of nitrogens with zero attached hydrogens (tertiary/aromatic N) is 4. The van der Waals surface area contributed by atoms with Crippen LogP contribution < -0.4 is 5.32 Å². The minimum absolute atomic E-state index is 0.121. The summed E-state index contributed by atoms with van der Waals surface area (Å²) in [5.74, 6) is 0.107. The molecule has 0 aliphatic heterocycles. The Labute approximate surface area is 164 Å². The molecular formula is C19H14ClN5OS. The highest BCUT2D eigenvalue weighted by Crippen LogP contribution is 2.26. The molecule has 0 unspecified atom stereocenters. The van der Waals surface area contributed by atoms with E-state index in [4.69, 9.17) is 11.6 Å². The molecule has 4 aromatic rings. The number of amides is 1. The Morgan fingerprint density at radius 2 is 1.85 bits per heavy atom. The monoisotopic (exact) mass is 395 g/mol. The largest absolute Gasteiger partial charge is 0.325 e. The maximum Gasteiger partial charge on any atom is 0.234 e. The second kappa shape index (κ2) is 7.77. The summed E-state index contributed by atoms with van der Waals surface area (Å²) in [4.78, 5) is 20.9. The van der Waals surface area contributed by atoms with Crippen LogP contribution in [-0.2, 0) is 4.79 Å². The van der Waals surface area contributed by atoms with Crippen molar-refractivity contribution in [3.8, 4) is 5.69 Å². The van der Waals surface area contributed by atoms with Gasteiger partial charge in [0, 0.05) is 10.7 Å². The van der Waals surface area contributed by atoms with Gasteiger partial charge in [0.15, 0.2) is 5.65 Å². The summed E-state index contributed by atoms with van der Waals surface area (Å²) in [6, 6.07) is 16.7. The minimum Gasteiger partial charge on any atom is -0.325 e. The summed E-state index contributed by atoms with van der Waals surface area (Å²) in [7, 11) is 0. The van der Waals surface area contributed by atoms with E-state index in [1.165, 1.54) is 18.1 Å². The van der Waals surface area contributed by atoms with Gasteiger partial charge in [-0.3, -0.25) is 4.79 Å². The van der Waals surface area contributed by atoms with E-state index in [-0.39, 0.29) is 11.7 Å². The number of nitrogens with one attached hydrogen (secondary N) is 1. The Hall–Kier alpha value is -2.90. The van der Waals surface area contributed by atoms with Crippen LogP contribution in [0.1, 0.15) is 0 Å². The summed E-state index contributed by atoms with van der Waals surface area (Å²) in [5, 5.41) is 9.41. The van der Waals surface area contributed by atoms with Crippen molar-refractivity contribution in [2.75, 3.05) is 11.1 Å². The van der Waals surface area contributed by atoms with Gasteiger partial charge in [-0.1, -0.05) is 41.6 Å². The number of hydrogen-bond acceptors (Lipinski definition) is 5. The number of anilines is 1.